The van der Waals surface area contributed by atoms with Crippen LogP contribution in [0.3, 0.4) is 0 Å². The smallest absolute Gasteiger partial charge is 0.128 e. The van der Waals surface area contributed by atoms with E-state index < -0.39 is 0 Å². The van der Waals surface area contributed by atoms with E-state index in [0.29, 0.717) is 11.5 Å². The molecule has 0 unspecified atom stereocenters. The van der Waals surface area contributed by atoms with Crippen LogP contribution in [0.4, 0.5) is 15.8 Å². The molecule has 2 aromatic carbocycles. The molecule has 0 bridgehead atoms. The van der Waals surface area contributed by atoms with Gasteiger partial charge in [0.1, 0.15) is 5.82 Å². The van der Waals surface area contributed by atoms with Crippen molar-refractivity contribution in [1.82, 2.24) is 0 Å². The Labute approximate surface area is 133 Å². The predicted molar refractivity (Wildman–Crippen MR) is 93.1 cm³/mol. The second kappa shape index (κ2) is 6.78. The number of nitrogens with zero attached hydrogens (tertiary/aromatic N) is 1. The van der Waals surface area contributed by atoms with Crippen molar-refractivity contribution >= 4 is 11.4 Å². The van der Waals surface area contributed by atoms with Crippen LogP contribution in [0.2, 0.25) is 0 Å². The fraction of sp³-hybridized carbons (Fsp3) is 0.300. The van der Waals surface area contributed by atoms with Gasteiger partial charge in [0, 0.05) is 17.1 Å². The van der Waals surface area contributed by atoms with E-state index in [1.807, 2.05) is 19.1 Å². The lowest BCUT2D eigenvalue weighted by atomic mass is 10.1. The zero-order valence-corrected chi connectivity index (χ0v) is 14.0. The highest BCUT2D eigenvalue weighted by atomic mass is 19.1. The van der Waals surface area contributed by atoms with Gasteiger partial charge in [0.15, 0.2) is 0 Å². The molecule has 0 radical (unpaired) electrons. The van der Waals surface area contributed by atoms with Gasteiger partial charge in [-0.1, -0.05) is 43.7 Å². The van der Waals surface area contributed by atoms with Gasteiger partial charge in [0.2, 0.25) is 0 Å². The van der Waals surface area contributed by atoms with Crippen molar-refractivity contribution in [2.24, 2.45) is 5.92 Å². The Morgan fingerprint density at radius 3 is 2.09 bits per heavy atom. The third-order valence-electron chi connectivity index (χ3n) is 3.85. The molecule has 0 heterocycles. The van der Waals surface area contributed by atoms with Gasteiger partial charge in [0.05, 0.1) is 0 Å². The molecule has 1 nitrogen and oxygen atoms in total. The van der Waals surface area contributed by atoms with E-state index in [1.165, 1.54) is 5.56 Å². The molecule has 2 aromatic rings. The first kappa shape index (κ1) is 16.3. The second-order valence-corrected chi connectivity index (χ2v) is 5.97. The Morgan fingerprint density at radius 1 is 1.00 bits per heavy atom. The summed E-state index contributed by atoms with van der Waals surface area (Å²) >= 11 is 0. The average Bonchev–Trinajstić information content (AvgIpc) is 2.48. The monoisotopic (exact) mass is 297 g/mol. The van der Waals surface area contributed by atoms with Gasteiger partial charge < -0.3 is 4.90 Å². The molecule has 22 heavy (non-hydrogen) atoms. The number of allylic oxidation sites excluding steroid dienone is 2. The summed E-state index contributed by atoms with van der Waals surface area (Å²) in [5.41, 5.74) is 4.95. The average molecular weight is 297 g/mol. The van der Waals surface area contributed by atoms with Gasteiger partial charge in [-0.3, -0.25) is 0 Å². The first-order chi connectivity index (χ1) is 10.4. The molecule has 0 aliphatic carbocycles. The van der Waals surface area contributed by atoms with E-state index in [2.05, 4.69) is 56.0 Å². The minimum Gasteiger partial charge on any atom is -0.314 e. The van der Waals surface area contributed by atoms with Gasteiger partial charge in [0.25, 0.3) is 0 Å². The van der Waals surface area contributed by atoms with E-state index in [9.17, 15) is 4.39 Å². The first-order valence-corrected chi connectivity index (χ1v) is 7.73. The topological polar surface area (TPSA) is 3.24 Å². The van der Waals surface area contributed by atoms with E-state index in [-0.39, 0.29) is 5.82 Å². The van der Waals surface area contributed by atoms with E-state index >= 15 is 0 Å². The van der Waals surface area contributed by atoms with Crippen molar-refractivity contribution in [2.75, 3.05) is 4.90 Å². The molecular formula is C20H24FN. The molecule has 0 aliphatic heterocycles. The number of hydrogen-bond donors (Lipinski definition) is 0. The largest absolute Gasteiger partial charge is 0.314 e. The van der Waals surface area contributed by atoms with Crippen LogP contribution in [-0.4, -0.2) is 0 Å². The van der Waals surface area contributed by atoms with Gasteiger partial charge in [-0.05, 0) is 56.5 Å². The SMILES string of the molecule is C/C=C(\C(C)C)N(c1ccc(C)cc1)c1ccc(C)c(F)c1. The number of anilines is 2. The summed E-state index contributed by atoms with van der Waals surface area (Å²) in [5, 5.41) is 0. The third-order valence-corrected chi connectivity index (χ3v) is 3.85. The summed E-state index contributed by atoms with van der Waals surface area (Å²) in [6, 6.07) is 13.8. The highest BCUT2D eigenvalue weighted by Crippen LogP contribution is 2.33. The lowest BCUT2D eigenvalue weighted by Gasteiger charge is -2.30. The van der Waals surface area contributed by atoms with Gasteiger partial charge >= 0.3 is 0 Å². The van der Waals surface area contributed by atoms with Crippen molar-refractivity contribution < 1.29 is 4.39 Å². The molecule has 0 N–H and O–H groups in total. The quantitative estimate of drug-likeness (QED) is 0.655. The molecule has 0 atom stereocenters. The Kier molecular flexibility index (Phi) is 5.02. The van der Waals surface area contributed by atoms with Crippen LogP contribution >= 0.6 is 0 Å². The third kappa shape index (κ3) is 3.38. The van der Waals surface area contributed by atoms with Crippen LogP contribution in [0.1, 0.15) is 31.9 Å². The van der Waals surface area contributed by atoms with Crippen LogP contribution in [0.25, 0.3) is 0 Å². The highest BCUT2D eigenvalue weighted by Gasteiger charge is 2.17. The van der Waals surface area contributed by atoms with E-state index in [1.54, 1.807) is 13.0 Å². The summed E-state index contributed by atoms with van der Waals surface area (Å²) in [7, 11) is 0. The number of hydrogen-bond acceptors (Lipinski definition) is 1. The van der Waals surface area contributed by atoms with Gasteiger partial charge in [-0.15, -0.1) is 0 Å². The summed E-state index contributed by atoms with van der Waals surface area (Å²) in [6.07, 6.45) is 2.10. The fourth-order valence-corrected chi connectivity index (χ4v) is 2.58. The predicted octanol–water partition coefficient (Wildman–Crippen LogP) is 6.14. The molecule has 2 rings (SSSR count). The molecule has 0 spiro atoms. The van der Waals surface area contributed by atoms with Crippen LogP contribution in [0.15, 0.2) is 54.2 Å². The van der Waals surface area contributed by atoms with Crippen molar-refractivity contribution in [2.45, 2.75) is 34.6 Å². The second-order valence-electron chi connectivity index (χ2n) is 5.97. The van der Waals surface area contributed by atoms with Crippen molar-refractivity contribution in [3.8, 4) is 0 Å². The number of aryl methyl sites for hydroxylation is 2. The molecular weight excluding hydrogens is 273 g/mol. The molecule has 0 aromatic heterocycles. The van der Waals surface area contributed by atoms with Crippen molar-refractivity contribution in [1.29, 1.82) is 0 Å². The molecule has 0 saturated carbocycles. The maximum atomic E-state index is 14.0. The molecule has 0 amide bonds. The zero-order chi connectivity index (χ0) is 16.3. The van der Waals surface area contributed by atoms with Gasteiger partial charge in [-0.25, -0.2) is 4.39 Å². The minimum atomic E-state index is -0.172. The summed E-state index contributed by atoms with van der Waals surface area (Å²) < 4.78 is 14.0. The Hall–Kier alpha value is -2.09. The molecule has 2 heteroatoms. The zero-order valence-electron chi connectivity index (χ0n) is 14.0. The van der Waals surface area contributed by atoms with Gasteiger partial charge in [-0.2, -0.15) is 0 Å². The standard InChI is InChI=1S/C20H24FN/c1-6-20(14(2)3)22(17-10-7-15(4)8-11-17)18-12-9-16(5)19(21)13-18/h6-14H,1-5H3/b20-6+. The van der Waals surface area contributed by atoms with Crippen LogP contribution in [-0.2, 0) is 0 Å². The fourth-order valence-electron chi connectivity index (χ4n) is 2.58. The normalized spacial score (nSPS) is 11.9. The van der Waals surface area contributed by atoms with E-state index in [0.717, 1.165) is 17.1 Å². The molecule has 116 valence electrons. The van der Waals surface area contributed by atoms with Crippen LogP contribution < -0.4 is 4.90 Å². The maximum Gasteiger partial charge on any atom is 0.128 e. The summed E-state index contributed by atoms with van der Waals surface area (Å²) in [5.74, 6) is 0.171. The Morgan fingerprint density at radius 2 is 1.59 bits per heavy atom. The highest BCUT2D eigenvalue weighted by molar-refractivity contribution is 5.69. The van der Waals surface area contributed by atoms with Crippen LogP contribution in [0.5, 0.6) is 0 Å². The van der Waals surface area contributed by atoms with Crippen molar-refractivity contribution in [3.63, 3.8) is 0 Å². The van der Waals surface area contributed by atoms with E-state index in [4.69, 9.17) is 0 Å². The number of benzene rings is 2. The number of rotatable bonds is 4. The maximum absolute atomic E-state index is 14.0. The summed E-state index contributed by atoms with van der Waals surface area (Å²) in [6.45, 7) is 10.2. The Bertz CT molecular complexity index is 669. The lowest BCUT2D eigenvalue weighted by molar-refractivity contribution is 0.618. The first-order valence-electron chi connectivity index (χ1n) is 7.73. The molecule has 0 saturated heterocycles. The molecule has 0 fully saturated rings. The van der Waals surface area contributed by atoms with Crippen molar-refractivity contribution in [3.05, 3.63) is 71.2 Å². The lowest BCUT2D eigenvalue weighted by Crippen LogP contribution is -2.20. The number of halogens is 1. The van der Waals surface area contributed by atoms with Crippen LogP contribution in [0, 0.1) is 25.6 Å². The minimum absolute atomic E-state index is 0.172. The molecule has 0 aliphatic rings. The summed E-state index contributed by atoms with van der Waals surface area (Å²) in [4.78, 5) is 2.13. The Balaban J connectivity index is 2.59.